The van der Waals surface area contributed by atoms with Gasteiger partial charge in [0.15, 0.2) is 17.3 Å². The van der Waals surface area contributed by atoms with Crippen LogP contribution in [0.5, 0.6) is 0 Å². The highest BCUT2D eigenvalue weighted by atomic mass is 15.5. The van der Waals surface area contributed by atoms with Gasteiger partial charge in [-0.1, -0.05) is 24.3 Å². The molecular weight excluding hydrogens is 370 g/mol. The number of benzene rings is 2. The highest BCUT2D eigenvalue weighted by Crippen LogP contribution is 2.33. The smallest absolute Gasteiger partial charge is 0.184 e. The number of nitrogens with zero attached hydrogens (tertiary/aromatic N) is 9. The van der Waals surface area contributed by atoms with Crippen molar-refractivity contribution in [1.29, 1.82) is 0 Å². The van der Waals surface area contributed by atoms with Crippen LogP contribution in [0.15, 0.2) is 55.0 Å². The molecule has 0 unspecified atom stereocenters. The van der Waals surface area contributed by atoms with Gasteiger partial charge in [0.2, 0.25) is 0 Å². The summed E-state index contributed by atoms with van der Waals surface area (Å²) in [5.74, 6) is 1.12. The number of tetrazole rings is 2. The summed E-state index contributed by atoms with van der Waals surface area (Å²) < 4.78 is 1.71. The average Bonchev–Trinajstić information content (AvgIpc) is 3.53. The molecule has 6 aromatic rings. The van der Waals surface area contributed by atoms with Crippen molar-refractivity contribution in [3.8, 4) is 33.9 Å². The van der Waals surface area contributed by atoms with Crippen molar-refractivity contribution in [2.45, 2.75) is 0 Å². The predicted molar refractivity (Wildman–Crippen MR) is 102 cm³/mol. The Balaban J connectivity index is 1.57. The number of aromatic amines is 2. The second-order valence-electron chi connectivity index (χ2n) is 6.41. The predicted octanol–water partition coefficient (Wildman–Crippen LogP) is 1.91. The summed E-state index contributed by atoms with van der Waals surface area (Å²) in [6.07, 6.45) is 5.43. The van der Waals surface area contributed by atoms with E-state index in [0.717, 1.165) is 33.0 Å². The molecule has 0 radical (unpaired) electrons. The van der Waals surface area contributed by atoms with Gasteiger partial charge < -0.3 is 0 Å². The van der Waals surface area contributed by atoms with E-state index in [4.69, 9.17) is 0 Å². The van der Waals surface area contributed by atoms with E-state index in [2.05, 4.69) is 69.5 Å². The Hall–Kier alpha value is -4.54. The van der Waals surface area contributed by atoms with Gasteiger partial charge >= 0.3 is 0 Å². The quantitative estimate of drug-likeness (QED) is 0.474. The zero-order chi connectivity index (χ0) is 19.2. The third-order valence-electron chi connectivity index (χ3n) is 4.75. The van der Waals surface area contributed by atoms with Gasteiger partial charge in [0.25, 0.3) is 0 Å². The number of nitrogens with one attached hydrogen (secondary N) is 2. The molecule has 6 rings (SSSR count). The third kappa shape index (κ3) is 2.45. The topological polar surface area (TPSA) is 139 Å². The summed E-state index contributed by atoms with van der Waals surface area (Å²) >= 11 is 0. The van der Waals surface area contributed by atoms with Crippen LogP contribution in [0.25, 0.3) is 50.3 Å². The largest absolute Gasteiger partial charge is 0.239 e. The molecule has 0 spiro atoms. The van der Waals surface area contributed by atoms with E-state index in [0.29, 0.717) is 17.3 Å². The molecule has 2 aromatic carbocycles. The van der Waals surface area contributed by atoms with Gasteiger partial charge in [-0.15, -0.1) is 10.2 Å². The van der Waals surface area contributed by atoms with Crippen LogP contribution >= 0.6 is 0 Å². The molecule has 29 heavy (non-hydrogen) atoms. The first-order valence-electron chi connectivity index (χ1n) is 8.71. The molecule has 0 saturated heterocycles. The third-order valence-corrected chi connectivity index (χ3v) is 4.75. The van der Waals surface area contributed by atoms with E-state index in [1.807, 2.05) is 30.6 Å². The molecule has 0 aliphatic carbocycles. The normalized spacial score (nSPS) is 11.4. The van der Waals surface area contributed by atoms with Crippen molar-refractivity contribution in [3.63, 3.8) is 0 Å². The number of hydrogen-bond donors (Lipinski definition) is 2. The summed E-state index contributed by atoms with van der Waals surface area (Å²) in [6, 6.07) is 12.2. The van der Waals surface area contributed by atoms with E-state index in [1.165, 1.54) is 0 Å². The second-order valence-corrected chi connectivity index (χ2v) is 6.41. The fourth-order valence-electron chi connectivity index (χ4n) is 3.42. The first-order chi connectivity index (χ1) is 14.4. The van der Waals surface area contributed by atoms with Crippen LogP contribution < -0.4 is 0 Å². The zero-order valence-electron chi connectivity index (χ0n) is 14.7. The molecule has 2 N–H and O–H groups in total. The lowest BCUT2D eigenvalue weighted by molar-refractivity contribution is 0.881. The number of aromatic nitrogens is 11. The van der Waals surface area contributed by atoms with Gasteiger partial charge in [-0.25, -0.2) is 19.7 Å². The zero-order valence-corrected chi connectivity index (χ0v) is 14.7. The highest BCUT2D eigenvalue weighted by molar-refractivity contribution is 5.99. The molecule has 11 heteroatoms. The molecule has 0 amide bonds. The number of fused-ring (bicyclic) bond motifs is 2. The van der Waals surface area contributed by atoms with Crippen LogP contribution in [0.1, 0.15) is 0 Å². The van der Waals surface area contributed by atoms with Gasteiger partial charge in [-0.05, 0) is 49.3 Å². The van der Waals surface area contributed by atoms with Gasteiger partial charge in [-0.2, -0.15) is 5.10 Å². The average molecular weight is 381 g/mol. The van der Waals surface area contributed by atoms with Crippen molar-refractivity contribution in [2.24, 2.45) is 0 Å². The molecule has 4 aromatic heterocycles. The highest BCUT2D eigenvalue weighted by Gasteiger charge is 2.14. The van der Waals surface area contributed by atoms with Gasteiger partial charge in [0.1, 0.15) is 0 Å². The van der Waals surface area contributed by atoms with Crippen LogP contribution in [-0.4, -0.2) is 55.8 Å². The standard InChI is InChI=1S/C18H11N11/c1-2-4-13-10(3-1)5-11(16-21-25-26-22-16)6-14(13)12-7-19-18-15(8-20-29(18)9-12)17-23-27-28-24-17/h1-9H,(H,21,22,25,26)(H,23,24,27,28). The van der Waals surface area contributed by atoms with Gasteiger partial charge in [-0.3, -0.25) is 0 Å². The SMILES string of the molecule is c1ccc2c(-c3cnc4c(-c5nnn[nH]5)cnn4c3)cc(-c3nnn[nH]3)cc2c1. The molecule has 0 bridgehead atoms. The molecule has 138 valence electrons. The van der Waals surface area contributed by atoms with Crippen LogP contribution in [0.2, 0.25) is 0 Å². The Morgan fingerprint density at radius 3 is 2.45 bits per heavy atom. The molecule has 0 saturated carbocycles. The molecule has 0 aliphatic heterocycles. The lowest BCUT2D eigenvalue weighted by atomic mass is 9.97. The van der Waals surface area contributed by atoms with Crippen molar-refractivity contribution in [3.05, 3.63) is 55.0 Å². The summed E-state index contributed by atoms with van der Waals surface area (Å²) in [5.41, 5.74) is 4.19. The fourth-order valence-corrected chi connectivity index (χ4v) is 3.42. The maximum atomic E-state index is 4.61. The molecule has 4 heterocycles. The maximum absolute atomic E-state index is 4.61. The second kappa shape index (κ2) is 5.99. The Kier molecular flexibility index (Phi) is 3.20. The summed E-state index contributed by atoms with van der Waals surface area (Å²) in [4.78, 5) is 4.61. The number of rotatable bonds is 3. The van der Waals surface area contributed by atoms with Crippen LogP contribution in [0.4, 0.5) is 0 Å². The van der Waals surface area contributed by atoms with Crippen LogP contribution in [-0.2, 0) is 0 Å². The Morgan fingerprint density at radius 2 is 1.62 bits per heavy atom. The Labute approximate surface area is 161 Å². The maximum Gasteiger partial charge on any atom is 0.184 e. The van der Waals surface area contributed by atoms with Crippen molar-refractivity contribution >= 4 is 16.4 Å². The molecule has 0 fully saturated rings. The lowest BCUT2D eigenvalue weighted by Gasteiger charge is -2.09. The first kappa shape index (κ1) is 15.5. The number of hydrogen-bond acceptors (Lipinski definition) is 8. The van der Waals surface area contributed by atoms with E-state index in [1.54, 1.807) is 10.7 Å². The van der Waals surface area contributed by atoms with Gasteiger partial charge in [0, 0.05) is 23.5 Å². The van der Waals surface area contributed by atoms with Crippen LogP contribution in [0, 0.1) is 0 Å². The summed E-state index contributed by atoms with van der Waals surface area (Å²) in [6.45, 7) is 0. The minimum Gasteiger partial charge on any atom is -0.239 e. The lowest BCUT2D eigenvalue weighted by Crippen LogP contribution is -1.94. The van der Waals surface area contributed by atoms with Gasteiger partial charge in [0.05, 0.1) is 11.8 Å². The van der Waals surface area contributed by atoms with Crippen molar-refractivity contribution < 1.29 is 0 Å². The minimum absolute atomic E-state index is 0.519. The first-order valence-corrected chi connectivity index (χ1v) is 8.71. The molecule has 0 atom stereocenters. The molecule has 0 aliphatic rings. The van der Waals surface area contributed by atoms with E-state index < -0.39 is 0 Å². The summed E-state index contributed by atoms with van der Waals surface area (Å²) in [7, 11) is 0. The number of H-pyrrole nitrogens is 2. The van der Waals surface area contributed by atoms with Crippen molar-refractivity contribution in [2.75, 3.05) is 0 Å². The van der Waals surface area contributed by atoms with E-state index in [9.17, 15) is 0 Å². The minimum atomic E-state index is 0.519. The van der Waals surface area contributed by atoms with Crippen molar-refractivity contribution in [1.82, 2.24) is 55.8 Å². The van der Waals surface area contributed by atoms with E-state index in [-0.39, 0.29) is 0 Å². The molecular formula is C18H11N11. The monoisotopic (exact) mass is 381 g/mol. The van der Waals surface area contributed by atoms with E-state index >= 15 is 0 Å². The van der Waals surface area contributed by atoms with Crippen LogP contribution in [0.3, 0.4) is 0 Å². The fraction of sp³-hybridized carbons (Fsp3) is 0. The summed E-state index contributed by atoms with van der Waals surface area (Å²) in [5, 5.41) is 34.7. The molecule has 11 nitrogen and oxygen atoms in total. The Bertz CT molecular complexity index is 1450. The Morgan fingerprint density at radius 1 is 0.793 bits per heavy atom.